The first-order chi connectivity index (χ1) is 13.7. The minimum atomic E-state index is -0.364. The summed E-state index contributed by atoms with van der Waals surface area (Å²) >= 11 is 0. The van der Waals surface area contributed by atoms with Crippen molar-refractivity contribution >= 4 is 23.1 Å². The Morgan fingerprint density at radius 1 is 1.25 bits per heavy atom. The van der Waals surface area contributed by atoms with Crippen molar-refractivity contribution in [3.63, 3.8) is 0 Å². The molecule has 1 aromatic carbocycles. The van der Waals surface area contributed by atoms with Crippen LogP contribution >= 0.6 is 0 Å². The zero-order valence-corrected chi connectivity index (χ0v) is 15.3. The van der Waals surface area contributed by atoms with Gasteiger partial charge < -0.3 is 16.4 Å². The van der Waals surface area contributed by atoms with E-state index in [2.05, 4.69) is 26.8 Å². The molecule has 142 valence electrons. The third kappa shape index (κ3) is 3.52. The first-order valence-corrected chi connectivity index (χ1v) is 9.32. The highest BCUT2D eigenvalue weighted by molar-refractivity contribution is 6.08. The number of nitrogens with two attached hydrogens (primary N) is 1. The number of nitriles is 1. The summed E-state index contributed by atoms with van der Waals surface area (Å²) in [6, 6.07) is 11.0. The van der Waals surface area contributed by atoms with Gasteiger partial charge in [0.2, 0.25) is 0 Å². The second-order valence-corrected chi connectivity index (χ2v) is 6.95. The van der Waals surface area contributed by atoms with Crippen LogP contribution in [0, 0.1) is 11.3 Å². The van der Waals surface area contributed by atoms with E-state index in [0.717, 1.165) is 25.7 Å². The van der Waals surface area contributed by atoms with Crippen molar-refractivity contribution < 1.29 is 4.79 Å². The van der Waals surface area contributed by atoms with Crippen LogP contribution in [0.1, 0.15) is 41.6 Å². The third-order valence-corrected chi connectivity index (χ3v) is 5.06. The van der Waals surface area contributed by atoms with Crippen LogP contribution in [-0.2, 0) is 0 Å². The van der Waals surface area contributed by atoms with Gasteiger partial charge in [-0.05, 0) is 31.0 Å². The molecule has 2 aromatic heterocycles. The molecule has 0 bridgehead atoms. The first-order valence-electron chi connectivity index (χ1n) is 9.32. The number of anilines is 2. The highest BCUT2D eigenvalue weighted by Crippen LogP contribution is 2.22. The molecule has 0 spiro atoms. The van der Waals surface area contributed by atoms with Gasteiger partial charge in [0, 0.05) is 18.3 Å². The molecular weight excluding hydrogens is 354 g/mol. The number of hydrogen-bond acceptors (Lipinski definition) is 6. The maximum absolute atomic E-state index is 12.8. The lowest BCUT2D eigenvalue weighted by molar-refractivity contribution is 0.102. The maximum atomic E-state index is 12.8. The topological polar surface area (TPSA) is 121 Å². The van der Waals surface area contributed by atoms with E-state index in [1.165, 1.54) is 6.20 Å². The minimum Gasteiger partial charge on any atom is -0.366 e. The molecular formula is C20H21N7O. The zero-order chi connectivity index (χ0) is 19.5. The van der Waals surface area contributed by atoms with Gasteiger partial charge in [-0.1, -0.05) is 25.0 Å². The fourth-order valence-corrected chi connectivity index (χ4v) is 3.52. The summed E-state index contributed by atoms with van der Waals surface area (Å²) in [6.45, 7) is 0. The number of carbonyl (C=O) groups excluding carboxylic acids is 1. The summed E-state index contributed by atoms with van der Waals surface area (Å²) in [5, 5.41) is 19.6. The molecule has 1 saturated carbocycles. The van der Waals surface area contributed by atoms with E-state index >= 15 is 0 Å². The van der Waals surface area contributed by atoms with Gasteiger partial charge in [-0.3, -0.25) is 4.79 Å². The monoisotopic (exact) mass is 375 g/mol. The number of amides is 1. The van der Waals surface area contributed by atoms with Gasteiger partial charge in [0.1, 0.15) is 17.5 Å². The lowest BCUT2D eigenvalue weighted by atomic mass is 9.91. The van der Waals surface area contributed by atoms with Crippen molar-refractivity contribution in [2.45, 2.75) is 37.8 Å². The fourth-order valence-electron chi connectivity index (χ4n) is 3.52. The standard InChI is InChI=1S/C20H21N7O/c21-11-13-5-1-3-7-16(13)25-20(28)14-12-23-27-10-9-18(26-19(14)27)24-17-8-4-2-6-15(17)22/h1,3,5,7,9-10,12,15,17H,2,4,6,8,22H2,(H,24,26)(H,25,28)/t15-,17+/m0/s1. The average molecular weight is 375 g/mol. The Bertz CT molecular complexity index is 1050. The van der Waals surface area contributed by atoms with Crippen LogP contribution in [0.4, 0.5) is 11.5 Å². The molecule has 1 aliphatic carbocycles. The molecule has 1 amide bonds. The van der Waals surface area contributed by atoms with Gasteiger partial charge in [0.05, 0.1) is 17.4 Å². The van der Waals surface area contributed by atoms with Crippen LogP contribution in [-0.4, -0.2) is 32.6 Å². The number of hydrogen-bond donors (Lipinski definition) is 3. The van der Waals surface area contributed by atoms with Gasteiger partial charge in [-0.2, -0.15) is 10.4 Å². The Kier molecular flexibility index (Phi) is 4.91. The Hall–Kier alpha value is -3.44. The molecule has 4 N–H and O–H groups in total. The molecule has 4 rings (SSSR count). The molecule has 0 saturated heterocycles. The summed E-state index contributed by atoms with van der Waals surface area (Å²) < 4.78 is 1.55. The first kappa shape index (κ1) is 17.9. The van der Waals surface area contributed by atoms with Crippen LogP contribution in [0.25, 0.3) is 5.65 Å². The van der Waals surface area contributed by atoms with Crippen LogP contribution in [0.15, 0.2) is 42.7 Å². The zero-order valence-electron chi connectivity index (χ0n) is 15.3. The van der Waals surface area contributed by atoms with Crippen molar-refractivity contribution in [3.8, 4) is 6.07 Å². The fraction of sp³-hybridized carbons (Fsp3) is 0.300. The Morgan fingerprint density at radius 2 is 2.07 bits per heavy atom. The number of fused-ring (bicyclic) bond motifs is 1. The van der Waals surface area contributed by atoms with E-state index in [0.29, 0.717) is 28.3 Å². The predicted molar refractivity (Wildman–Crippen MR) is 106 cm³/mol. The number of rotatable bonds is 4. The lowest BCUT2D eigenvalue weighted by Gasteiger charge is -2.29. The molecule has 2 heterocycles. The van der Waals surface area contributed by atoms with Gasteiger partial charge >= 0.3 is 0 Å². The Balaban J connectivity index is 1.59. The van der Waals surface area contributed by atoms with Crippen LogP contribution in [0.2, 0.25) is 0 Å². The molecule has 0 radical (unpaired) electrons. The highest BCUT2D eigenvalue weighted by Gasteiger charge is 2.22. The minimum absolute atomic E-state index is 0.0990. The van der Waals surface area contributed by atoms with Crippen LogP contribution < -0.4 is 16.4 Å². The third-order valence-electron chi connectivity index (χ3n) is 5.06. The average Bonchev–Trinajstić information content (AvgIpc) is 3.13. The van der Waals surface area contributed by atoms with E-state index in [-0.39, 0.29) is 18.0 Å². The molecule has 0 aliphatic heterocycles. The molecule has 8 heteroatoms. The SMILES string of the molecule is N#Cc1ccccc1NC(=O)c1cnn2ccc(N[C@@H]3CCCC[C@@H]3N)nc12. The van der Waals surface area contributed by atoms with Crippen LogP contribution in [0.5, 0.6) is 0 Å². The van der Waals surface area contributed by atoms with Gasteiger partial charge in [-0.25, -0.2) is 9.50 Å². The van der Waals surface area contributed by atoms with Crippen molar-refractivity contribution in [3.05, 3.63) is 53.9 Å². The lowest BCUT2D eigenvalue weighted by Crippen LogP contribution is -2.42. The molecule has 0 unspecified atom stereocenters. The maximum Gasteiger partial charge on any atom is 0.261 e. The van der Waals surface area contributed by atoms with Crippen molar-refractivity contribution in [2.75, 3.05) is 10.6 Å². The number of benzene rings is 1. The van der Waals surface area contributed by atoms with Gasteiger partial charge in [0.15, 0.2) is 5.65 Å². The van der Waals surface area contributed by atoms with E-state index in [9.17, 15) is 10.1 Å². The van der Waals surface area contributed by atoms with Crippen molar-refractivity contribution in [1.82, 2.24) is 14.6 Å². The summed E-state index contributed by atoms with van der Waals surface area (Å²) in [7, 11) is 0. The molecule has 8 nitrogen and oxygen atoms in total. The number of nitrogens with one attached hydrogen (secondary N) is 2. The summed E-state index contributed by atoms with van der Waals surface area (Å²) in [6.07, 6.45) is 7.54. The van der Waals surface area contributed by atoms with E-state index in [4.69, 9.17) is 5.73 Å². The number of para-hydroxylation sites is 1. The smallest absolute Gasteiger partial charge is 0.261 e. The molecule has 3 aromatic rings. The predicted octanol–water partition coefficient (Wildman–Crippen LogP) is 2.54. The molecule has 28 heavy (non-hydrogen) atoms. The second-order valence-electron chi connectivity index (χ2n) is 6.95. The Labute approximate surface area is 162 Å². The highest BCUT2D eigenvalue weighted by atomic mass is 16.1. The van der Waals surface area contributed by atoms with Crippen molar-refractivity contribution in [1.29, 1.82) is 5.26 Å². The normalized spacial score (nSPS) is 19.1. The molecule has 1 aliphatic rings. The summed E-state index contributed by atoms with van der Waals surface area (Å²) in [5.74, 6) is 0.304. The quantitative estimate of drug-likeness (QED) is 0.644. The van der Waals surface area contributed by atoms with Gasteiger partial charge in [0.25, 0.3) is 5.91 Å². The van der Waals surface area contributed by atoms with E-state index in [1.807, 2.05) is 6.07 Å². The largest absolute Gasteiger partial charge is 0.366 e. The van der Waals surface area contributed by atoms with Crippen molar-refractivity contribution in [2.24, 2.45) is 5.73 Å². The molecule has 1 fully saturated rings. The number of aromatic nitrogens is 3. The second kappa shape index (κ2) is 7.66. The van der Waals surface area contributed by atoms with E-state index < -0.39 is 0 Å². The number of nitrogens with zero attached hydrogens (tertiary/aromatic N) is 4. The molecule has 2 atom stereocenters. The Morgan fingerprint density at radius 3 is 2.89 bits per heavy atom. The summed E-state index contributed by atoms with van der Waals surface area (Å²) in [4.78, 5) is 17.3. The number of carbonyl (C=O) groups is 1. The van der Waals surface area contributed by atoms with Crippen LogP contribution in [0.3, 0.4) is 0 Å². The summed E-state index contributed by atoms with van der Waals surface area (Å²) in [5.41, 5.74) is 7.85. The van der Waals surface area contributed by atoms with E-state index in [1.54, 1.807) is 35.0 Å². The van der Waals surface area contributed by atoms with Gasteiger partial charge in [-0.15, -0.1) is 0 Å².